The van der Waals surface area contributed by atoms with Gasteiger partial charge in [-0.05, 0) is 37.1 Å². The minimum Gasteiger partial charge on any atom is -0.309 e. The standard InChI is InChI=1S/C14H19Cl2NO2S/c1-2-17-14(10-6-7-11(15)12(16)9-10)13-5-3-4-8-20(13,18)19/h6-7,9,13-14,17H,2-5,8H2,1H3. The van der Waals surface area contributed by atoms with Crippen LogP contribution >= 0.6 is 23.2 Å². The van der Waals surface area contributed by atoms with Crippen LogP contribution in [0.3, 0.4) is 0 Å². The summed E-state index contributed by atoms with van der Waals surface area (Å²) < 4.78 is 24.6. The molecule has 2 rings (SSSR count). The van der Waals surface area contributed by atoms with Crippen LogP contribution in [0, 0.1) is 0 Å². The van der Waals surface area contributed by atoms with Gasteiger partial charge in [-0.2, -0.15) is 0 Å². The first-order chi connectivity index (χ1) is 9.45. The van der Waals surface area contributed by atoms with Crippen molar-refractivity contribution >= 4 is 33.0 Å². The third-order valence-corrected chi connectivity index (χ3v) is 6.75. The summed E-state index contributed by atoms with van der Waals surface area (Å²) in [5, 5.41) is 3.85. The van der Waals surface area contributed by atoms with E-state index >= 15 is 0 Å². The van der Waals surface area contributed by atoms with E-state index in [1.54, 1.807) is 12.1 Å². The first kappa shape index (κ1) is 16.1. The van der Waals surface area contributed by atoms with Crippen LogP contribution in [0.4, 0.5) is 0 Å². The zero-order valence-corrected chi connectivity index (χ0v) is 13.7. The van der Waals surface area contributed by atoms with Gasteiger partial charge in [0.2, 0.25) is 0 Å². The Labute approximate surface area is 130 Å². The summed E-state index contributed by atoms with van der Waals surface area (Å²) in [6, 6.07) is 5.12. The Morgan fingerprint density at radius 2 is 2.05 bits per heavy atom. The van der Waals surface area contributed by atoms with Crippen molar-refractivity contribution in [2.75, 3.05) is 12.3 Å². The monoisotopic (exact) mass is 335 g/mol. The summed E-state index contributed by atoms with van der Waals surface area (Å²) in [5.41, 5.74) is 0.886. The lowest BCUT2D eigenvalue weighted by atomic mass is 9.99. The maximum atomic E-state index is 12.3. The van der Waals surface area contributed by atoms with E-state index in [1.165, 1.54) is 0 Å². The molecule has 112 valence electrons. The van der Waals surface area contributed by atoms with Crippen molar-refractivity contribution in [3.8, 4) is 0 Å². The molecule has 0 aromatic heterocycles. The molecule has 1 aliphatic heterocycles. The maximum absolute atomic E-state index is 12.3. The molecule has 0 spiro atoms. The Morgan fingerprint density at radius 3 is 2.65 bits per heavy atom. The molecule has 1 fully saturated rings. The van der Waals surface area contributed by atoms with Crippen LogP contribution < -0.4 is 5.32 Å². The molecular weight excluding hydrogens is 317 g/mol. The highest BCUT2D eigenvalue weighted by molar-refractivity contribution is 7.92. The molecule has 1 aromatic rings. The maximum Gasteiger partial charge on any atom is 0.155 e. The fourth-order valence-electron chi connectivity index (χ4n) is 2.74. The number of nitrogens with one attached hydrogen (secondary N) is 1. The summed E-state index contributed by atoms with van der Waals surface area (Å²) in [6.07, 6.45) is 2.41. The van der Waals surface area contributed by atoms with E-state index in [9.17, 15) is 8.42 Å². The van der Waals surface area contributed by atoms with Gasteiger partial charge in [-0.3, -0.25) is 0 Å². The van der Waals surface area contributed by atoms with E-state index in [4.69, 9.17) is 23.2 Å². The topological polar surface area (TPSA) is 46.2 Å². The molecule has 2 atom stereocenters. The molecule has 0 amide bonds. The Balaban J connectivity index is 2.37. The highest BCUT2D eigenvalue weighted by Gasteiger charge is 2.36. The van der Waals surface area contributed by atoms with E-state index in [2.05, 4.69) is 5.32 Å². The lowest BCUT2D eigenvalue weighted by Crippen LogP contribution is -2.40. The van der Waals surface area contributed by atoms with Gasteiger partial charge in [0.1, 0.15) is 0 Å². The molecule has 2 unspecified atom stereocenters. The Kier molecular flexibility index (Phi) is 5.35. The van der Waals surface area contributed by atoms with Crippen LogP contribution in [-0.4, -0.2) is 26.0 Å². The molecule has 20 heavy (non-hydrogen) atoms. The molecule has 1 aliphatic rings. The number of sulfone groups is 1. The minimum absolute atomic E-state index is 0.222. The van der Waals surface area contributed by atoms with Crippen molar-refractivity contribution in [3.63, 3.8) is 0 Å². The second-order valence-electron chi connectivity index (χ2n) is 5.11. The van der Waals surface area contributed by atoms with Crippen LogP contribution in [0.1, 0.15) is 37.8 Å². The van der Waals surface area contributed by atoms with Gasteiger partial charge in [-0.15, -0.1) is 0 Å². The zero-order valence-electron chi connectivity index (χ0n) is 11.4. The highest BCUT2D eigenvalue weighted by Crippen LogP contribution is 2.33. The molecule has 0 bridgehead atoms. The van der Waals surface area contributed by atoms with Gasteiger partial charge in [0.25, 0.3) is 0 Å². The fourth-order valence-corrected chi connectivity index (χ4v) is 5.15. The van der Waals surface area contributed by atoms with Gasteiger partial charge in [-0.1, -0.05) is 42.6 Å². The zero-order chi connectivity index (χ0) is 14.8. The first-order valence-corrected chi connectivity index (χ1v) is 9.32. The van der Waals surface area contributed by atoms with Gasteiger partial charge >= 0.3 is 0 Å². The smallest absolute Gasteiger partial charge is 0.155 e. The van der Waals surface area contributed by atoms with E-state index in [0.717, 1.165) is 18.4 Å². The molecule has 1 saturated heterocycles. The van der Waals surface area contributed by atoms with Crippen molar-refractivity contribution in [1.82, 2.24) is 5.32 Å². The minimum atomic E-state index is -3.05. The van der Waals surface area contributed by atoms with Gasteiger partial charge in [0, 0.05) is 6.04 Å². The first-order valence-electron chi connectivity index (χ1n) is 6.85. The van der Waals surface area contributed by atoms with E-state index in [0.29, 0.717) is 23.0 Å². The molecule has 1 heterocycles. The van der Waals surface area contributed by atoms with Gasteiger partial charge in [-0.25, -0.2) is 8.42 Å². The molecule has 0 radical (unpaired) electrons. The van der Waals surface area contributed by atoms with Crippen LogP contribution in [0.5, 0.6) is 0 Å². The third kappa shape index (κ3) is 3.48. The van der Waals surface area contributed by atoms with Crippen LogP contribution in [-0.2, 0) is 9.84 Å². The van der Waals surface area contributed by atoms with Crippen LogP contribution in [0.15, 0.2) is 18.2 Å². The number of benzene rings is 1. The largest absolute Gasteiger partial charge is 0.309 e. The van der Waals surface area contributed by atoms with Crippen molar-refractivity contribution < 1.29 is 8.42 Å². The summed E-state index contributed by atoms with van der Waals surface area (Å²) in [5.74, 6) is 0.279. The normalized spacial score (nSPS) is 23.4. The van der Waals surface area contributed by atoms with Crippen molar-refractivity contribution in [1.29, 1.82) is 0 Å². The Bertz CT molecular complexity index is 575. The molecule has 6 heteroatoms. The lowest BCUT2D eigenvalue weighted by molar-refractivity contribution is 0.454. The van der Waals surface area contributed by atoms with Crippen LogP contribution in [0.2, 0.25) is 10.0 Å². The number of halogens is 2. The molecule has 3 nitrogen and oxygen atoms in total. The number of rotatable bonds is 4. The van der Waals surface area contributed by atoms with Gasteiger partial charge in [0.15, 0.2) is 9.84 Å². The van der Waals surface area contributed by atoms with E-state index in [1.807, 2.05) is 13.0 Å². The molecular formula is C14H19Cl2NO2S. The van der Waals surface area contributed by atoms with Crippen molar-refractivity contribution in [2.24, 2.45) is 0 Å². The summed E-state index contributed by atoms with van der Waals surface area (Å²) in [6.45, 7) is 2.68. The summed E-state index contributed by atoms with van der Waals surface area (Å²) in [4.78, 5) is 0. The average Bonchev–Trinajstić information content (AvgIpc) is 2.40. The van der Waals surface area contributed by atoms with E-state index in [-0.39, 0.29) is 17.0 Å². The predicted molar refractivity (Wildman–Crippen MR) is 84.3 cm³/mol. The van der Waals surface area contributed by atoms with Crippen LogP contribution in [0.25, 0.3) is 0 Å². The van der Waals surface area contributed by atoms with Gasteiger partial charge in [0.05, 0.1) is 21.0 Å². The third-order valence-electron chi connectivity index (χ3n) is 3.73. The SMILES string of the molecule is CCNC(c1ccc(Cl)c(Cl)c1)C1CCCCS1(=O)=O. The van der Waals surface area contributed by atoms with E-state index < -0.39 is 9.84 Å². The lowest BCUT2D eigenvalue weighted by Gasteiger charge is -2.31. The number of hydrogen-bond acceptors (Lipinski definition) is 3. The molecule has 1 aromatic carbocycles. The summed E-state index contributed by atoms with van der Waals surface area (Å²) >= 11 is 12.0. The second kappa shape index (κ2) is 6.65. The quantitative estimate of drug-likeness (QED) is 0.914. The van der Waals surface area contributed by atoms with Crippen molar-refractivity contribution in [2.45, 2.75) is 37.5 Å². The average molecular weight is 336 g/mol. The van der Waals surface area contributed by atoms with Gasteiger partial charge < -0.3 is 5.32 Å². The summed E-state index contributed by atoms with van der Waals surface area (Å²) in [7, 11) is -3.05. The molecule has 0 aliphatic carbocycles. The predicted octanol–water partition coefficient (Wildman–Crippen LogP) is 3.61. The fraction of sp³-hybridized carbons (Fsp3) is 0.571. The molecule has 0 saturated carbocycles. The van der Waals surface area contributed by atoms with Crippen molar-refractivity contribution in [3.05, 3.63) is 33.8 Å². The molecule has 1 N–H and O–H groups in total. The second-order valence-corrected chi connectivity index (χ2v) is 8.26. The number of hydrogen-bond donors (Lipinski definition) is 1. The Morgan fingerprint density at radius 1 is 1.30 bits per heavy atom. The Hall–Kier alpha value is -0.290. The highest BCUT2D eigenvalue weighted by atomic mass is 35.5.